The van der Waals surface area contributed by atoms with Gasteiger partial charge in [-0.05, 0) is 65.5 Å². The largest absolute Gasteiger partial charge is 0.307 e. The number of hydrogen-bond donors (Lipinski definition) is 0. The van der Waals surface area contributed by atoms with Crippen LogP contribution in [0.3, 0.4) is 0 Å². The van der Waals surface area contributed by atoms with Crippen molar-refractivity contribution in [3.8, 4) is 6.07 Å². The van der Waals surface area contributed by atoms with Gasteiger partial charge in [-0.25, -0.2) is 4.39 Å². The molecule has 0 saturated carbocycles. The highest BCUT2D eigenvalue weighted by atomic mass is 79.9. The fraction of sp³-hybridized carbons (Fsp3) is 0.250. The average Bonchev–Trinajstić information content (AvgIpc) is 2.61. The van der Waals surface area contributed by atoms with Gasteiger partial charge in [0.15, 0.2) is 6.29 Å². The third kappa shape index (κ3) is 2.93. The predicted molar refractivity (Wildman–Crippen MR) is 99.9 cm³/mol. The fourth-order valence-corrected chi connectivity index (χ4v) is 3.55. The summed E-state index contributed by atoms with van der Waals surface area (Å²) in [5, 5.41) is 9.28. The molecule has 0 unspecified atom stereocenters. The number of benzene rings is 2. The van der Waals surface area contributed by atoms with Crippen molar-refractivity contribution < 1.29 is 14.0 Å². The molecule has 1 heterocycles. The number of nitrogens with zero attached hydrogens (tertiary/aromatic N) is 2. The van der Waals surface area contributed by atoms with Crippen molar-refractivity contribution in [2.75, 3.05) is 11.4 Å². The number of hydrogen-bond acceptors (Lipinski definition) is 3. The van der Waals surface area contributed by atoms with Crippen LogP contribution in [0.2, 0.25) is 0 Å². The van der Waals surface area contributed by atoms with Crippen molar-refractivity contribution >= 4 is 33.8 Å². The first-order valence-corrected chi connectivity index (χ1v) is 8.89. The molecule has 0 radical (unpaired) electrons. The lowest BCUT2D eigenvalue weighted by atomic mass is 9.83. The molecule has 0 N–H and O–H groups in total. The van der Waals surface area contributed by atoms with Gasteiger partial charge in [-0.15, -0.1) is 0 Å². The van der Waals surface area contributed by atoms with E-state index in [2.05, 4.69) is 22.0 Å². The van der Waals surface area contributed by atoms with Gasteiger partial charge < -0.3 is 4.90 Å². The van der Waals surface area contributed by atoms with Crippen molar-refractivity contribution in [1.29, 1.82) is 5.26 Å². The lowest BCUT2D eigenvalue weighted by Gasteiger charge is -2.31. The number of halogens is 2. The molecule has 0 saturated heterocycles. The smallest absolute Gasteiger partial charge is 0.261 e. The van der Waals surface area contributed by atoms with Crippen LogP contribution in [0.15, 0.2) is 34.8 Å². The van der Waals surface area contributed by atoms with E-state index in [0.29, 0.717) is 46.1 Å². The second-order valence-corrected chi connectivity index (χ2v) is 7.58. The molecule has 2 aromatic carbocycles. The predicted octanol–water partition coefficient (Wildman–Crippen LogP) is 4.40. The van der Waals surface area contributed by atoms with Crippen LogP contribution < -0.4 is 4.90 Å². The Bertz CT molecular complexity index is 963. The van der Waals surface area contributed by atoms with Gasteiger partial charge in [0.1, 0.15) is 5.82 Å². The number of nitriles is 1. The van der Waals surface area contributed by atoms with Crippen LogP contribution in [0.4, 0.5) is 10.1 Å². The molecule has 2 aromatic rings. The zero-order valence-corrected chi connectivity index (χ0v) is 15.9. The number of aldehydes is 1. The van der Waals surface area contributed by atoms with Crippen molar-refractivity contribution in [2.24, 2.45) is 0 Å². The van der Waals surface area contributed by atoms with E-state index in [9.17, 15) is 19.2 Å². The minimum absolute atomic E-state index is 0.00515. The molecule has 6 heteroatoms. The second-order valence-electron chi connectivity index (χ2n) is 6.73. The zero-order chi connectivity index (χ0) is 19.1. The molecular weight excluding hydrogens is 399 g/mol. The number of carbonyl (C=O) groups is 2. The van der Waals surface area contributed by atoms with Crippen LogP contribution in [0.5, 0.6) is 0 Å². The van der Waals surface area contributed by atoms with E-state index in [1.165, 1.54) is 11.0 Å². The quantitative estimate of drug-likeness (QED) is 0.698. The van der Waals surface area contributed by atoms with Crippen LogP contribution in [0.1, 0.15) is 45.7 Å². The van der Waals surface area contributed by atoms with Crippen LogP contribution in [-0.2, 0) is 11.8 Å². The topological polar surface area (TPSA) is 61.2 Å². The van der Waals surface area contributed by atoms with Crippen LogP contribution in [-0.4, -0.2) is 18.7 Å². The summed E-state index contributed by atoms with van der Waals surface area (Å²) in [7, 11) is 0. The Morgan fingerprint density at radius 2 is 2.08 bits per heavy atom. The van der Waals surface area contributed by atoms with E-state index in [1.54, 1.807) is 38.1 Å². The summed E-state index contributed by atoms with van der Waals surface area (Å²) < 4.78 is 15.3. The van der Waals surface area contributed by atoms with Gasteiger partial charge in [0.2, 0.25) is 0 Å². The van der Waals surface area contributed by atoms with Gasteiger partial charge in [0.25, 0.3) is 5.91 Å². The molecule has 3 rings (SSSR count). The minimum Gasteiger partial charge on any atom is -0.307 e. The SMILES string of the molecule is CC(C)(C#N)c1cc(F)c2c(c1)CCN(c1cccc(Br)c1C=O)C2=O. The van der Waals surface area contributed by atoms with Crippen LogP contribution >= 0.6 is 15.9 Å². The molecule has 26 heavy (non-hydrogen) atoms. The summed E-state index contributed by atoms with van der Waals surface area (Å²) in [5.74, 6) is -1.12. The molecular formula is C20H16BrFN2O2. The molecule has 1 amide bonds. The molecule has 0 spiro atoms. The van der Waals surface area contributed by atoms with Crippen LogP contribution in [0, 0.1) is 17.1 Å². The summed E-state index contributed by atoms with van der Waals surface area (Å²) >= 11 is 3.31. The van der Waals surface area contributed by atoms with Crippen molar-refractivity contribution in [2.45, 2.75) is 25.7 Å². The number of anilines is 1. The average molecular weight is 415 g/mol. The maximum Gasteiger partial charge on any atom is 0.261 e. The van der Waals surface area contributed by atoms with Crippen molar-refractivity contribution in [1.82, 2.24) is 0 Å². The first-order chi connectivity index (χ1) is 12.3. The van der Waals surface area contributed by atoms with Gasteiger partial charge in [-0.1, -0.05) is 12.1 Å². The highest BCUT2D eigenvalue weighted by Crippen LogP contribution is 2.33. The second kappa shape index (κ2) is 6.65. The summed E-state index contributed by atoms with van der Waals surface area (Å²) in [6, 6.07) is 10.3. The molecule has 0 aliphatic carbocycles. The van der Waals surface area contributed by atoms with Gasteiger partial charge in [0, 0.05) is 11.0 Å². The van der Waals surface area contributed by atoms with Crippen molar-refractivity contribution in [3.63, 3.8) is 0 Å². The molecule has 132 valence electrons. The zero-order valence-electron chi connectivity index (χ0n) is 14.3. The number of carbonyl (C=O) groups excluding carboxylic acids is 2. The van der Waals surface area contributed by atoms with E-state index in [4.69, 9.17) is 0 Å². The molecule has 0 aromatic heterocycles. The highest BCUT2D eigenvalue weighted by Gasteiger charge is 2.32. The summed E-state index contributed by atoms with van der Waals surface area (Å²) in [6.45, 7) is 3.75. The lowest BCUT2D eigenvalue weighted by Crippen LogP contribution is -2.39. The van der Waals surface area contributed by atoms with Gasteiger partial charge in [0.05, 0.1) is 28.3 Å². The molecule has 0 atom stereocenters. The Morgan fingerprint density at radius 1 is 1.35 bits per heavy atom. The lowest BCUT2D eigenvalue weighted by molar-refractivity contribution is 0.0976. The third-order valence-corrected chi connectivity index (χ3v) is 5.37. The van der Waals surface area contributed by atoms with E-state index in [1.807, 2.05) is 0 Å². The molecule has 0 fully saturated rings. The Hall–Kier alpha value is -2.52. The number of fused-ring (bicyclic) bond motifs is 1. The normalized spacial score (nSPS) is 14.0. The molecule has 1 aliphatic rings. The first kappa shape index (κ1) is 18.3. The van der Waals surface area contributed by atoms with E-state index in [0.717, 1.165) is 0 Å². The Balaban J connectivity index is 2.09. The maximum absolute atomic E-state index is 14.8. The van der Waals surface area contributed by atoms with Crippen molar-refractivity contribution in [3.05, 3.63) is 62.9 Å². The molecule has 4 nitrogen and oxygen atoms in total. The summed E-state index contributed by atoms with van der Waals surface area (Å²) in [5.41, 5.74) is 1.11. The standard InChI is InChI=1S/C20H16BrFN2O2/c1-20(2,11-23)13-8-12-6-7-24(19(26)18(12)16(22)9-13)17-5-3-4-15(21)14(17)10-25/h3-5,8-10H,6-7H2,1-2H3. The van der Waals surface area contributed by atoms with E-state index >= 15 is 0 Å². The Kier molecular flexibility index (Phi) is 4.68. The van der Waals surface area contributed by atoms with Gasteiger partial charge >= 0.3 is 0 Å². The maximum atomic E-state index is 14.8. The van der Waals surface area contributed by atoms with Crippen LogP contribution in [0.25, 0.3) is 0 Å². The molecule has 0 bridgehead atoms. The minimum atomic E-state index is -0.842. The Morgan fingerprint density at radius 3 is 2.73 bits per heavy atom. The van der Waals surface area contributed by atoms with Gasteiger partial charge in [-0.3, -0.25) is 9.59 Å². The summed E-state index contributed by atoms with van der Waals surface area (Å²) in [6.07, 6.45) is 1.12. The van der Waals surface area contributed by atoms with E-state index in [-0.39, 0.29) is 5.56 Å². The van der Waals surface area contributed by atoms with E-state index < -0.39 is 17.1 Å². The summed E-state index contributed by atoms with van der Waals surface area (Å²) in [4.78, 5) is 25.8. The number of rotatable bonds is 3. The monoisotopic (exact) mass is 414 g/mol. The fourth-order valence-electron chi connectivity index (χ4n) is 3.10. The Labute approximate surface area is 159 Å². The third-order valence-electron chi connectivity index (χ3n) is 4.68. The number of amides is 1. The van der Waals surface area contributed by atoms with Gasteiger partial charge in [-0.2, -0.15) is 5.26 Å². The molecule has 1 aliphatic heterocycles. The highest BCUT2D eigenvalue weighted by molar-refractivity contribution is 9.10. The first-order valence-electron chi connectivity index (χ1n) is 8.10.